The zero-order valence-electron chi connectivity index (χ0n) is 15.9. The van der Waals surface area contributed by atoms with Gasteiger partial charge in [0.05, 0.1) is 6.04 Å². The average Bonchev–Trinajstić information content (AvgIpc) is 3.00. The molecule has 1 unspecified atom stereocenters. The van der Waals surface area contributed by atoms with Crippen LogP contribution >= 0.6 is 11.3 Å². The maximum absolute atomic E-state index is 12.8. The predicted molar refractivity (Wildman–Crippen MR) is 101 cm³/mol. The number of hydrogen-bond donors (Lipinski definition) is 1. The largest absolute Gasteiger partial charge is 0.444 e. The van der Waals surface area contributed by atoms with E-state index in [1.54, 1.807) is 11.3 Å². The summed E-state index contributed by atoms with van der Waals surface area (Å²) in [5, 5.41) is 6.60. The van der Waals surface area contributed by atoms with Gasteiger partial charge in [0.2, 0.25) is 0 Å². The van der Waals surface area contributed by atoms with Crippen LogP contribution in [-0.2, 0) is 4.74 Å². The Labute approximate surface area is 155 Å². The number of carbonyl (C=O) groups is 1. The number of aryl methyl sites for hydroxylation is 1. The number of nitrogens with zero attached hydrogens (tertiary/aromatic N) is 2. The average molecular weight is 366 g/mol. The Bertz CT molecular complexity index is 590. The molecule has 0 radical (unpaired) electrons. The van der Waals surface area contributed by atoms with E-state index < -0.39 is 5.60 Å². The molecule has 6 heteroatoms. The van der Waals surface area contributed by atoms with E-state index in [-0.39, 0.29) is 12.1 Å². The van der Waals surface area contributed by atoms with Crippen molar-refractivity contribution in [2.75, 3.05) is 19.6 Å². The molecule has 2 atom stereocenters. The van der Waals surface area contributed by atoms with Gasteiger partial charge in [-0.2, -0.15) is 0 Å². The molecule has 1 N–H and O–H groups in total. The first-order valence-electron chi connectivity index (χ1n) is 9.46. The minimum atomic E-state index is -0.466. The monoisotopic (exact) mass is 365 g/mol. The van der Waals surface area contributed by atoms with Gasteiger partial charge in [-0.25, -0.2) is 9.78 Å². The van der Waals surface area contributed by atoms with Crippen molar-refractivity contribution in [3.8, 4) is 0 Å². The summed E-state index contributed by atoms with van der Waals surface area (Å²) in [6, 6.07) is 0.0576. The van der Waals surface area contributed by atoms with Crippen LogP contribution in [0.3, 0.4) is 0 Å². The SMILES string of the molecule is Cc1csc([C@H]2CC(C3CCNCC3)CCN2C(=O)OC(C)(C)C)n1. The molecule has 2 fully saturated rings. The Kier molecular flexibility index (Phi) is 5.68. The lowest BCUT2D eigenvalue weighted by Gasteiger charge is -2.42. The Balaban J connectivity index is 1.77. The van der Waals surface area contributed by atoms with Crippen molar-refractivity contribution >= 4 is 17.4 Å². The molecule has 2 aliphatic rings. The summed E-state index contributed by atoms with van der Waals surface area (Å²) in [6.45, 7) is 10.8. The van der Waals surface area contributed by atoms with Gasteiger partial charge in [-0.3, -0.25) is 4.90 Å². The van der Waals surface area contributed by atoms with Crippen LogP contribution in [-0.4, -0.2) is 41.2 Å². The number of nitrogens with one attached hydrogen (secondary N) is 1. The van der Waals surface area contributed by atoms with E-state index in [0.717, 1.165) is 49.1 Å². The van der Waals surface area contributed by atoms with E-state index in [1.165, 1.54) is 12.8 Å². The van der Waals surface area contributed by atoms with Crippen LogP contribution in [0.25, 0.3) is 0 Å². The van der Waals surface area contributed by atoms with Crippen LogP contribution in [0.2, 0.25) is 0 Å². The standard InChI is InChI=1S/C19H31N3O2S/c1-13-12-25-17(21-13)16-11-15(14-5-8-20-9-6-14)7-10-22(16)18(23)24-19(2,3)4/h12,14-16,20H,5-11H2,1-4H3/t15?,16-/m1/s1. The highest BCUT2D eigenvalue weighted by molar-refractivity contribution is 7.09. The summed E-state index contributed by atoms with van der Waals surface area (Å²) in [6.07, 6.45) is 4.39. The van der Waals surface area contributed by atoms with Gasteiger partial charge in [-0.05, 0) is 78.3 Å². The van der Waals surface area contributed by atoms with E-state index in [9.17, 15) is 4.79 Å². The van der Waals surface area contributed by atoms with Gasteiger partial charge in [0.15, 0.2) is 0 Å². The van der Waals surface area contributed by atoms with Crippen molar-refractivity contribution in [1.29, 1.82) is 0 Å². The number of aromatic nitrogens is 1. The van der Waals surface area contributed by atoms with E-state index in [1.807, 2.05) is 32.6 Å². The highest BCUT2D eigenvalue weighted by Crippen LogP contribution is 2.41. The second-order valence-electron chi connectivity index (χ2n) is 8.39. The van der Waals surface area contributed by atoms with Gasteiger partial charge in [-0.1, -0.05) is 0 Å². The molecule has 0 aromatic carbocycles. The van der Waals surface area contributed by atoms with Gasteiger partial charge in [0, 0.05) is 17.6 Å². The number of ether oxygens (including phenoxy) is 1. The Morgan fingerprint density at radius 3 is 2.60 bits per heavy atom. The third-order valence-corrected chi connectivity index (χ3v) is 6.31. The van der Waals surface area contributed by atoms with Crippen molar-refractivity contribution in [3.63, 3.8) is 0 Å². The number of rotatable bonds is 2. The molecular formula is C19H31N3O2S. The zero-order chi connectivity index (χ0) is 18.0. The first kappa shape index (κ1) is 18.6. The van der Waals surface area contributed by atoms with E-state index in [4.69, 9.17) is 9.72 Å². The molecule has 140 valence electrons. The van der Waals surface area contributed by atoms with Gasteiger partial charge < -0.3 is 10.1 Å². The highest BCUT2D eigenvalue weighted by Gasteiger charge is 2.39. The highest BCUT2D eigenvalue weighted by atomic mass is 32.1. The summed E-state index contributed by atoms with van der Waals surface area (Å²) in [7, 11) is 0. The summed E-state index contributed by atoms with van der Waals surface area (Å²) in [5.41, 5.74) is 0.569. The van der Waals surface area contributed by atoms with Gasteiger partial charge in [0.25, 0.3) is 0 Å². The topological polar surface area (TPSA) is 54.5 Å². The minimum Gasteiger partial charge on any atom is -0.444 e. The quantitative estimate of drug-likeness (QED) is 0.856. The first-order chi connectivity index (χ1) is 11.8. The fraction of sp³-hybridized carbons (Fsp3) is 0.789. The van der Waals surface area contributed by atoms with Crippen molar-refractivity contribution in [3.05, 3.63) is 16.1 Å². The molecule has 2 aliphatic heterocycles. The fourth-order valence-corrected chi connectivity index (χ4v) is 4.96. The van der Waals surface area contributed by atoms with Gasteiger partial charge >= 0.3 is 6.09 Å². The van der Waals surface area contributed by atoms with E-state index in [2.05, 4.69) is 10.7 Å². The number of thiazole rings is 1. The third-order valence-electron chi connectivity index (χ3n) is 5.24. The number of amides is 1. The summed E-state index contributed by atoms with van der Waals surface area (Å²) < 4.78 is 5.67. The number of piperidine rings is 2. The van der Waals surface area contributed by atoms with Crippen LogP contribution in [0.15, 0.2) is 5.38 Å². The maximum Gasteiger partial charge on any atom is 0.410 e. The minimum absolute atomic E-state index is 0.0576. The normalized spacial score (nSPS) is 25.8. The Morgan fingerprint density at radius 1 is 1.28 bits per heavy atom. The molecule has 3 rings (SSSR count). The number of carbonyl (C=O) groups excluding carboxylic acids is 1. The van der Waals surface area contributed by atoms with Crippen LogP contribution in [0.1, 0.15) is 63.2 Å². The second kappa shape index (κ2) is 7.62. The lowest BCUT2D eigenvalue weighted by Crippen LogP contribution is -2.45. The van der Waals surface area contributed by atoms with Crippen molar-refractivity contribution in [2.45, 2.75) is 65.0 Å². The lowest BCUT2D eigenvalue weighted by atomic mass is 9.77. The molecule has 5 nitrogen and oxygen atoms in total. The molecule has 3 heterocycles. The molecule has 1 amide bonds. The van der Waals surface area contributed by atoms with Gasteiger partial charge in [0.1, 0.15) is 10.6 Å². The molecule has 25 heavy (non-hydrogen) atoms. The van der Waals surface area contributed by atoms with Crippen LogP contribution < -0.4 is 5.32 Å². The Morgan fingerprint density at radius 2 is 2.00 bits per heavy atom. The molecule has 0 bridgehead atoms. The molecule has 2 saturated heterocycles. The molecule has 1 aromatic rings. The maximum atomic E-state index is 12.8. The Hall–Kier alpha value is -1.14. The van der Waals surface area contributed by atoms with Crippen LogP contribution in [0.4, 0.5) is 4.79 Å². The summed E-state index contributed by atoms with van der Waals surface area (Å²) in [5.74, 6) is 1.44. The number of hydrogen-bond acceptors (Lipinski definition) is 5. The lowest BCUT2D eigenvalue weighted by molar-refractivity contribution is -0.00117. The second-order valence-corrected chi connectivity index (χ2v) is 9.28. The van der Waals surface area contributed by atoms with Crippen molar-refractivity contribution < 1.29 is 9.53 Å². The smallest absolute Gasteiger partial charge is 0.410 e. The molecule has 1 aromatic heterocycles. The predicted octanol–water partition coefficient (Wildman–Crippen LogP) is 4.14. The summed E-state index contributed by atoms with van der Waals surface area (Å²) >= 11 is 1.67. The van der Waals surface area contributed by atoms with E-state index >= 15 is 0 Å². The third kappa shape index (κ3) is 4.73. The van der Waals surface area contributed by atoms with Gasteiger partial charge in [-0.15, -0.1) is 11.3 Å². The van der Waals surface area contributed by atoms with Crippen molar-refractivity contribution in [2.24, 2.45) is 11.8 Å². The molecule has 0 spiro atoms. The van der Waals surface area contributed by atoms with Crippen molar-refractivity contribution in [1.82, 2.24) is 15.2 Å². The van der Waals surface area contributed by atoms with Crippen LogP contribution in [0.5, 0.6) is 0 Å². The first-order valence-corrected chi connectivity index (χ1v) is 10.3. The molecule has 0 saturated carbocycles. The van der Waals surface area contributed by atoms with Crippen LogP contribution in [0, 0.1) is 18.8 Å². The molecule has 0 aliphatic carbocycles. The summed E-state index contributed by atoms with van der Waals surface area (Å²) in [4.78, 5) is 19.4. The zero-order valence-corrected chi connectivity index (χ0v) is 16.7. The fourth-order valence-electron chi connectivity index (χ4n) is 4.03. The molecular weight excluding hydrogens is 334 g/mol. The number of likely N-dealkylation sites (tertiary alicyclic amines) is 1. The van der Waals surface area contributed by atoms with E-state index in [0.29, 0.717) is 5.92 Å².